The first-order chi connectivity index (χ1) is 8.42. The maximum absolute atomic E-state index is 11.9. The Bertz CT molecular complexity index is 396. The van der Waals surface area contributed by atoms with Gasteiger partial charge in [0.15, 0.2) is 0 Å². The summed E-state index contributed by atoms with van der Waals surface area (Å²) < 4.78 is 10.3. The summed E-state index contributed by atoms with van der Waals surface area (Å²) in [5, 5.41) is 3.17. The minimum absolute atomic E-state index is 0.308. The van der Waals surface area contributed by atoms with Crippen LogP contribution < -0.4 is 5.32 Å². The van der Waals surface area contributed by atoms with Gasteiger partial charge in [-0.1, -0.05) is 6.07 Å². The minimum Gasteiger partial charge on any atom is -0.456 e. The fourth-order valence-corrected chi connectivity index (χ4v) is 1.39. The monoisotopic (exact) mass is 251 g/mol. The lowest BCUT2D eigenvalue weighted by molar-refractivity contribution is 0.00696. The second kappa shape index (κ2) is 6.40. The fraction of sp³-hybridized carbons (Fsp3) is 0.500. The molecule has 100 valence electrons. The molecule has 4 nitrogen and oxygen atoms in total. The van der Waals surface area contributed by atoms with Crippen molar-refractivity contribution in [2.45, 2.75) is 26.4 Å². The average molecular weight is 251 g/mol. The Morgan fingerprint density at radius 2 is 2.06 bits per heavy atom. The van der Waals surface area contributed by atoms with Gasteiger partial charge in [-0.25, -0.2) is 4.79 Å². The summed E-state index contributed by atoms with van der Waals surface area (Å²) in [5.41, 5.74) is 0.957. The third kappa shape index (κ3) is 5.19. The van der Waals surface area contributed by atoms with Crippen molar-refractivity contribution < 1.29 is 14.3 Å². The summed E-state index contributed by atoms with van der Waals surface area (Å²) in [5.74, 6) is -0.308. The number of carbonyl (C=O) groups excluding carboxylic acids is 1. The summed E-state index contributed by atoms with van der Waals surface area (Å²) in [6, 6.07) is 7.26. The van der Waals surface area contributed by atoms with Crippen LogP contribution in [-0.4, -0.2) is 31.8 Å². The van der Waals surface area contributed by atoms with Crippen LogP contribution in [0.1, 0.15) is 31.1 Å². The third-order valence-electron chi connectivity index (χ3n) is 2.13. The van der Waals surface area contributed by atoms with Gasteiger partial charge in [0, 0.05) is 19.3 Å². The Labute approximate surface area is 108 Å². The van der Waals surface area contributed by atoms with Gasteiger partial charge in [-0.05, 0) is 39.0 Å². The van der Waals surface area contributed by atoms with Crippen LogP contribution >= 0.6 is 0 Å². The molecule has 0 saturated carbocycles. The Kier molecular flexibility index (Phi) is 5.16. The molecule has 0 aliphatic carbocycles. The van der Waals surface area contributed by atoms with Gasteiger partial charge in [0.05, 0.1) is 12.2 Å². The molecule has 0 spiro atoms. The minimum atomic E-state index is -0.476. The summed E-state index contributed by atoms with van der Waals surface area (Å²) in [7, 11) is 1.65. The predicted molar refractivity (Wildman–Crippen MR) is 72.0 cm³/mol. The number of anilines is 1. The van der Waals surface area contributed by atoms with E-state index in [1.54, 1.807) is 19.2 Å². The molecule has 0 fully saturated rings. The van der Waals surface area contributed by atoms with E-state index in [9.17, 15) is 4.79 Å². The number of carbonyl (C=O) groups is 1. The Balaban J connectivity index is 2.66. The second-order valence-electron chi connectivity index (χ2n) is 5.00. The van der Waals surface area contributed by atoms with E-state index in [2.05, 4.69) is 5.32 Å². The van der Waals surface area contributed by atoms with E-state index in [1.807, 2.05) is 32.9 Å². The molecule has 18 heavy (non-hydrogen) atoms. The Morgan fingerprint density at radius 3 is 2.67 bits per heavy atom. The molecule has 0 saturated heterocycles. The van der Waals surface area contributed by atoms with Crippen molar-refractivity contribution in [1.29, 1.82) is 0 Å². The smallest absolute Gasteiger partial charge is 0.338 e. The molecule has 0 aliphatic heterocycles. The molecular weight excluding hydrogens is 230 g/mol. The van der Waals surface area contributed by atoms with Crippen LogP contribution in [-0.2, 0) is 9.47 Å². The molecule has 0 atom stereocenters. The molecule has 0 radical (unpaired) electrons. The van der Waals surface area contributed by atoms with Crippen molar-refractivity contribution in [2.24, 2.45) is 0 Å². The quantitative estimate of drug-likeness (QED) is 0.645. The number of hydrogen-bond acceptors (Lipinski definition) is 4. The standard InChI is InChI=1S/C14H21NO3/c1-14(2,3)18-13(16)11-6-5-7-12(10-11)15-8-9-17-4/h5-7,10,15H,8-9H2,1-4H3. The van der Waals surface area contributed by atoms with E-state index in [0.717, 1.165) is 5.69 Å². The van der Waals surface area contributed by atoms with Crippen molar-refractivity contribution in [2.75, 3.05) is 25.6 Å². The van der Waals surface area contributed by atoms with Gasteiger partial charge in [-0.15, -0.1) is 0 Å². The van der Waals surface area contributed by atoms with Gasteiger partial charge in [-0.3, -0.25) is 0 Å². The molecule has 4 heteroatoms. The molecule has 0 aliphatic rings. The number of methoxy groups -OCH3 is 1. The molecule has 1 rings (SSSR count). The van der Waals surface area contributed by atoms with Gasteiger partial charge < -0.3 is 14.8 Å². The van der Waals surface area contributed by atoms with Crippen LogP contribution in [0.2, 0.25) is 0 Å². The summed E-state index contributed by atoms with van der Waals surface area (Å²) in [4.78, 5) is 11.9. The van der Waals surface area contributed by atoms with Crippen molar-refractivity contribution in [3.8, 4) is 0 Å². The maximum Gasteiger partial charge on any atom is 0.338 e. The Morgan fingerprint density at radius 1 is 1.33 bits per heavy atom. The van der Waals surface area contributed by atoms with Crippen LogP contribution in [0.3, 0.4) is 0 Å². The number of benzene rings is 1. The van der Waals surface area contributed by atoms with Crippen LogP contribution in [0.4, 0.5) is 5.69 Å². The summed E-state index contributed by atoms with van der Waals surface area (Å²) in [6.07, 6.45) is 0. The molecular formula is C14H21NO3. The zero-order valence-electron chi connectivity index (χ0n) is 11.4. The number of ether oxygens (including phenoxy) is 2. The molecule has 0 unspecified atom stereocenters. The van der Waals surface area contributed by atoms with Crippen LogP contribution in [0, 0.1) is 0 Å². The van der Waals surface area contributed by atoms with Crippen LogP contribution in [0.5, 0.6) is 0 Å². The maximum atomic E-state index is 11.9. The number of rotatable bonds is 5. The highest BCUT2D eigenvalue weighted by Gasteiger charge is 2.17. The first kappa shape index (κ1) is 14.5. The van der Waals surface area contributed by atoms with Gasteiger partial charge >= 0.3 is 5.97 Å². The second-order valence-corrected chi connectivity index (χ2v) is 5.00. The van der Waals surface area contributed by atoms with Gasteiger partial charge in [0.25, 0.3) is 0 Å². The largest absolute Gasteiger partial charge is 0.456 e. The highest BCUT2D eigenvalue weighted by atomic mass is 16.6. The summed E-state index contributed by atoms with van der Waals surface area (Å²) >= 11 is 0. The highest BCUT2D eigenvalue weighted by Crippen LogP contribution is 2.15. The van der Waals surface area contributed by atoms with E-state index < -0.39 is 5.60 Å². The SMILES string of the molecule is COCCNc1cccc(C(=O)OC(C)(C)C)c1. The first-order valence-electron chi connectivity index (χ1n) is 5.98. The predicted octanol–water partition coefficient (Wildman–Crippen LogP) is 2.70. The average Bonchev–Trinajstić information content (AvgIpc) is 2.27. The normalized spacial score (nSPS) is 11.1. The molecule has 1 aromatic carbocycles. The number of esters is 1. The zero-order chi connectivity index (χ0) is 13.6. The van der Waals surface area contributed by atoms with Crippen molar-refractivity contribution in [3.05, 3.63) is 29.8 Å². The van der Waals surface area contributed by atoms with E-state index in [0.29, 0.717) is 18.7 Å². The lowest BCUT2D eigenvalue weighted by Crippen LogP contribution is -2.23. The van der Waals surface area contributed by atoms with Crippen LogP contribution in [0.25, 0.3) is 0 Å². The number of nitrogens with one attached hydrogen (secondary N) is 1. The highest BCUT2D eigenvalue weighted by molar-refractivity contribution is 5.90. The lowest BCUT2D eigenvalue weighted by atomic mass is 10.1. The zero-order valence-corrected chi connectivity index (χ0v) is 11.4. The lowest BCUT2D eigenvalue weighted by Gasteiger charge is -2.19. The molecule has 0 aromatic heterocycles. The molecule has 1 N–H and O–H groups in total. The van der Waals surface area contributed by atoms with Crippen molar-refractivity contribution >= 4 is 11.7 Å². The Hall–Kier alpha value is -1.55. The van der Waals surface area contributed by atoms with Gasteiger partial charge in [0.2, 0.25) is 0 Å². The third-order valence-corrected chi connectivity index (χ3v) is 2.13. The van der Waals surface area contributed by atoms with Gasteiger partial charge in [-0.2, -0.15) is 0 Å². The van der Waals surface area contributed by atoms with E-state index >= 15 is 0 Å². The molecule has 0 amide bonds. The molecule has 1 aromatic rings. The molecule has 0 bridgehead atoms. The first-order valence-corrected chi connectivity index (χ1v) is 5.98. The number of hydrogen-bond donors (Lipinski definition) is 1. The van der Waals surface area contributed by atoms with E-state index in [-0.39, 0.29) is 5.97 Å². The van der Waals surface area contributed by atoms with Gasteiger partial charge in [0.1, 0.15) is 5.60 Å². The summed E-state index contributed by atoms with van der Waals surface area (Å²) in [6.45, 7) is 6.88. The van der Waals surface area contributed by atoms with Crippen LogP contribution in [0.15, 0.2) is 24.3 Å². The van der Waals surface area contributed by atoms with Crippen molar-refractivity contribution in [1.82, 2.24) is 0 Å². The molecule has 0 heterocycles. The van der Waals surface area contributed by atoms with E-state index in [1.165, 1.54) is 0 Å². The topological polar surface area (TPSA) is 47.6 Å². The van der Waals surface area contributed by atoms with E-state index in [4.69, 9.17) is 9.47 Å². The fourth-order valence-electron chi connectivity index (χ4n) is 1.39. The van der Waals surface area contributed by atoms with Crippen molar-refractivity contribution in [3.63, 3.8) is 0 Å².